The molecule has 0 fully saturated rings. The molecule has 0 aliphatic rings. The number of rotatable bonds is 6. The fraction of sp³-hybridized carbons (Fsp3) is 1.00. The molecular formula is C6BF13O3-2. The maximum Gasteiger partial charge on any atom is 0.460 e. The van der Waals surface area contributed by atoms with Crippen molar-refractivity contribution in [2.24, 2.45) is 0 Å². The molecule has 0 heterocycles. The van der Waals surface area contributed by atoms with Gasteiger partial charge in [-0.15, -0.1) is 0 Å². The Morgan fingerprint density at radius 2 is 0.826 bits per heavy atom. The monoisotopic (exact) mass is 378 g/mol. The highest BCUT2D eigenvalue weighted by Crippen LogP contribution is 2.60. The molecule has 0 aliphatic heterocycles. The van der Waals surface area contributed by atoms with Crippen LogP contribution in [0.5, 0.6) is 0 Å². The molecule has 0 atom stereocenters. The van der Waals surface area contributed by atoms with E-state index in [9.17, 15) is 67.1 Å². The molecule has 3 nitrogen and oxygen atoms in total. The Morgan fingerprint density at radius 1 is 0.522 bits per heavy atom. The minimum atomic E-state index is -8.10. The summed E-state index contributed by atoms with van der Waals surface area (Å²) in [5, 5.41) is 19.1. The Bertz CT molecular complexity index is 430. The molecule has 0 saturated carbocycles. The summed E-state index contributed by atoms with van der Waals surface area (Å²) in [5.74, 6) is -31.9. The third-order valence-corrected chi connectivity index (χ3v) is 2.15. The van der Waals surface area contributed by atoms with Crippen molar-refractivity contribution in [2.45, 2.75) is 36.0 Å². The third-order valence-electron chi connectivity index (χ3n) is 2.15. The van der Waals surface area contributed by atoms with Gasteiger partial charge in [-0.05, 0) is 0 Å². The van der Waals surface area contributed by atoms with Crippen molar-refractivity contribution in [1.82, 2.24) is 0 Å². The highest BCUT2D eigenvalue weighted by molar-refractivity contribution is 6.28. The van der Waals surface area contributed by atoms with E-state index >= 15 is 0 Å². The largest absolute Gasteiger partial charge is 0.870 e. The minimum absolute atomic E-state index is 1.85. The van der Waals surface area contributed by atoms with Gasteiger partial charge in [0.15, 0.2) is 0 Å². The maximum atomic E-state index is 12.7. The summed E-state index contributed by atoms with van der Waals surface area (Å²) in [6, 6.07) is 0. The summed E-state index contributed by atoms with van der Waals surface area (Å²) in [5.41, 5.74) is 0. The molecule has 0 radical (unpaired) electrons. The van der Waals surface area contributed by atoms with Gasteiger partial charge in [0.1, 0.15) is 0 Å². The fourth-order valence-electron chi connectivity index (χ4n) is 0.950. The summed E-state index contributed by atoms with van der Waals surface area (Å²) in [6.45, 7) is 0. The summed E-state index contributed by atoms with van der Waals surface area (Å²) in [4.78, 5) is 0. The molecule has 0 rings (SSSR count). The van der Waals surface area contributed by atoms with E-state index in [0.29, 0.717) is 0 Å². The number of hydrogen-bond donors (Lipinski definition) is 0. The lowest BCUT2D eigenvalue weighted by atomic mass is 9.97. The van der Waals surface area contributed by atoms with Crippen molar-refractivity contribution in [1.29, 1.82) is 0 Å². The van der Waals surface area contributed by atoms with Crippen LogP contribution in [0.15, 0.2) is 0 Å². The smallest absolute Gasteiger partial charge is 0.460 e. The molecule has 0 bridgehead atoms. The number of alkyl halides is 13. The zero-order valence-corrected chi connectivity index (χ0v) is 9.72. The first-order valence-corrected chi connectivity index (χ1v) is 4.62. The SMILES string of the molecule is [O-]B([O-])OC(F)(F)C(F)(F)C(F)(F)C(F)(F)C(F)(F)C(F)(F)F. The molecular weight excluding hydrogens is 378 g/mol. The molecule has 0 aromatic carbocycles. The van der Waals surface area contributed by atoms with Crippen molar-refractivity contribution in [3.05, 3.63) is 0 Å². The zero-order valence-electron chi connectivity index (χ0n) is 9.72. The van der Waals surface area contributed by atoms with Gasteiger partial charge in [-0.1, -0.05) is 0 Å². The molecule has 0 saturated heterocycles. The van der Waals surface area contributed by atoms with Crippen LogP contribution in [0.1, 0.15) is 0 Å². The van der Waals surface area contributed by atoms with Crippen LogP contribution in [-0.4, -0.2) is 43.3 Å². The lowest BCUT2D eigenvalue weighted by Crippen LogP contribution is -2.71. The van der Waals surface area contributed by atoms with Crippen LogP contribution in [0.2, 0.25) is 0 Å². The highest BCUT2D eigenvalue weighted by atomic mass is 19.4. The van der Waals surface area contributed by atoms with Crippen molar-refractivity contribution >= 4 is 7.32 Å². The van der Waals surface area contributed by atoms with Gasteiger partial charge in [-0.2, -0.15) is 57.1 Å². The number of halogens is 13. The van der Waals surface area contributed by atoms with Crippen LogP contribution in [-0.2, 0) is 4.65 Å². The molecule has 138 valence electrons. The predicted molar refractivity (Wildman–Crippen MR) is 37.6 cm³/mol. The fourth-order valence-corrected chi connectivity index (χ4v) is 0.950. The lowest BCUT2D eigenvalue weighted by Gasteiger charge is -2.41. The lowest BCUT2D eigenvalue weighted by molar-refractivity contribution is -0.476. The van der Waals surface area contributed by atoms with Crippen LogP contribution in [0, 0.1) is 0 Å². The Hall–Kier alpha value is -0.965. The summed E-state index contributed by atoms with van der Waals surface area (Å²) in [6.07, 6.45) is -14.6. The average molecular weight is 378 g/mol. The van der Waals surface area contributed by atoms with Gasteiger partial charge in [0.05, 0.1) is 7.32 Å². The summed E-state index contributed by atoms with van der Waals surface area (Å²) >= 11 is 0. The van der Waals surface area contributed by atoms with Gasteiger partial charge < -0.3 is 14.7 Å². The first-order chi connectivity index (χ1) is 9.67. The Kier molecular flexibility index (Phi) is 5.31. The van der Waals surface area contributed by atoms with Crippen molar-refractivity contribution in [2.75, 3.05) is 0 Å². The van der Waals surface area contributed by atoms with E-state index < -0.39 is 43.3 Å². The van der Waals surface area contributed by atoms with Crippen LogP contribution in [0.25, 0.3) is 0 Å². The molecule has 0 aromatic heterocycles. The maximum absolute atomic E-state index is 12.7. The van der Waals surface area contributed by atoms with Gasteiger partial charge >= 0.3 is 36.0 Å². The van der Waals surface area contributed by atoms with Gasteiger partial charge in [0.25, 0.3) is 0 Å². The van der Waals surface area contributed by atoms with E-state index in [4.69, 9.17) is 0 Å². The Labute approximate surface area is 116 Å². The Morgan fingerprint density at radius 3 is 1.09 bits per heavy atom. The van der Waals surface area contributed by atoms with E-state index in [1.807, 2.05) is 4.65 Å². The van der Waals surface area contributed by atoms with Gasteiger partial charge in [-0.25, -0.2) is 0 Å². The van der Waals surface area contributed by atoms with Crippen LogP contribution >= 0.6 is 0 Å². The van der Waals surface area contributed by atoms with E-state index in [2.05, 4.69) is 0 Å². The first-order valence-electron chi connectivity index (χ1n) is 4.62. The van der Waals surface area contributed by atoms with Crippen LogP contribution in [0.3, 0.4) is 0 Å². The predicted octanol–water partition coefficient (Wildman–Crippen LogP) is 1.40. The quantitative estimate of drug-likeness (QED) is 0.519. The van der Waals surface area contributed by atoms with Crippen molar-refractivity contribution in [3.63, 3.8) is 0 Å². The standard InChI is InChI=1S/C6BF13O3/c8-1(9,3(12,13)5(16,17)18)2(10,11)4(14,15)6(19,20)23-7(21)22/q-2. The molecule has 0 aromatic rings. The average Bonchev–Trinajstić information content (AvgIpc) is 2.24. The molecule has 0 aliphatic carbocycles. The second-order valence-electron chi connectivity index (χ2n) is 3.72. The molecule has 0 amide bonds. The summed E-state index contributed by atoms with van der Waals surface area (Å²) < 4.78 is 162. The van der Waals surface area contributed by atoms with Gasteiger partial charge in [-0.3, -0.25) is 0 Å². The first kappa shape index (κ1) is 22.0. The van der Waals surface area contributed by atoms with E-state index in [1.165, 1.54) is 0 Å². The Balaban J connectivity index is 6.14. The normalized spacial score (nSPS) is 15.8. The second kappa shape index (κ2) is 5.54. The number of hydrogen-bond acceptors (Lipinski definition) is 3. The van der Waals surface area contributed by atoms with E-state index in [0.717, 1.165) is 0 Å². The zero-order chi connectivity index (χ0) is 19.3. The van der Waals surface area contributed by atoms with Gasteiger partial charge in [0.2, 0.25) is 0 Å². The molecule has 0 spiro atoms. The minimum Gasteiger partial charge on any atom is -0.870 e. The van der Waals surface area contributed by atoms with E-state index in [-0.39, 0.29) is 0 Å². The van der Waals surface area contributed by atoms with Crippen molar-refractivity contribution < 1.29 is 71.8 Å². The van der Waals surface area contributed by atoms with Crippen LogP contribution < -0.4 is 10.0 Å². The third kappa shape index (κ3) is 3.17. The molecule has 23 heavy (non-hydrogen) atoms. The molecule has 17 heteroatoms. The molecule has 0 N–H and O–H groups in total. The van der Waals surface area contributed by atoms with Gasteiger partial charge in [0, 0.05) is 0 Å². The van der Waals surface area contributed by atoms with Crippen molar-refractivity contribution in [3.8, 4) is 0 Å². The topological polar surface area (TPSA) is 55.3 Å². The van der Waals surface area contributed by atoms with E-state index in [1.54, 1.807) is 0 Å². The van der Waals surface area contributed by atoms with Crippen LogP contribution in [0.4, 0.5) is 57.1 Å². The highest BCUT2D eigenvalue weighted by Gasteiger charge is 2.91. The second-order valence-corrected chi connectivity index (χ2v) is 3.72. The summed E-state index contributed by atoms with van der Waals surface area (Å²) in [7, 11) is -4.48. The molecule has 0 unspecified atom stereocenters.